The van der Waals surface area contributed by atoms with Crippen molar-refractivity contribution >= 4 is 5.91 Å². The highest BCUT2D eigenvalue weighted by molar-refractivity contribution is 5.95. The first-order chi connectivity index (χ1) is 10.6. The Kier molecular flexibility index (Phi) is 5.49. The quantitative estimate of drug-likeness (QED) is 0.866. The molecular weight excluding hydrogens is 286 g/mol. The van der Waals surface area contributed by atoms with Gasteiger partial charge in [-0.15, -0.1) is 0 Å². The molecule has 2 rings (SSSR count). The Morgan fingerprint density at radius 2 is 1.59 bits per heavy atom. The lowest BCUT2D eigenvalue weighted by atomic mass is 9.93. The second kappa shape index (κ2) is 7.35. The minimum atomic E-state index is -0.241. The monoisotopic (exact) mass is 309 g/mol. The lowest BCUT2D eigenvalue weighted by Gasteiger charge is -2.26. The number of aliphatic hydroxyl groups excluding tert-OH is 1. The summed E-state index contributed by atoms with van der Waals surface area (Å²) >= 11 is 0. The Morgan fingerprint density at radius 3 is 2.05 bits per heavy atom. The van der Waals surface area contributed by atoms with Crippen LogP contribution in [0.3, 0.4) is 0 Å². The van der Waals surface area contributed by atoms with Gasteiger partial charge in [0.2, 0.25) is 5.75 Å². The number of ether oxygens (including phenoxy) is 3. The first kappa shape index (κ1) is 16.4. The number of benzene rings is 1. The van der Waals surface area contributed by atoms with Gasteiger partial charge in [-0.2, -0.15) is 0 Å². The number of hydrogen-bond donors (Lipinski definition) is 2. The number of rotatable bonds is 5. The average Bonchev–Trinajstić information content (AvgIpc) is 2.55. The molecule has 1 saturated carbocycles. The summed E-state index contributed by atoms with van der Waals surface area (Å²) in [6.07, 6.45) is 2.78. The molecule has 1 amide bonds. The van der Waals surface area contributed by atoms with Crippen molar-refractivity contribution in [1.82, 2.24) is 5.32 Å². The summed E-state index contributed by atoms with van der Waals surface area (Å²) in [5.41, 5.74) is 0.459. The molecule has 122 valence electrons. The van der Waals surface area contributed by atoms with Crippen molar-refractivity contribution in [3.05, 3.63) is 17.7 Å². The topological polar surface area (TPSA) is 77.0 Å². The van der Waals surface area contributed by atoms with Gasteiger partial charge in [0.15, 0.2) is 11.5 Å². The molecule has 0 aromatic heterocycles. The maximum absolute atomic E-state index is 12.4. The number of amides is 1. The molecule has 0 aliphatic heterocycles. The molecule has 0 radical (unpaired) electrons. The van der Waals surface area contributed by atoms with Crippen LogP contribution >= 0.6 is 0 Å². The third-order valence-electron chi connectivity index (χ3n) is 3.96. The molecule has 0 bridgehead atoms. The van der Waals surface area contributed by atoms with Gasteiger partial charge in [-0.3, -0.25) is 4.79 Å². The van der Waals surface area contributed by atoms with Gasteiger partial charge in [0.25, 0.3) is 5.91 Å². The molecule has 2 N–H and O–H groups in total. The average molecular weight is 309 g/mol. The molecule has 6 nitrogen and oxygen atoms in total. The largest absolute Gasteiger partial charge is 0.493 e. The van der Waals surface area contributed by atoms with Crippen molar-refractivity contribution in [2.24, 2.45) is 0 Å². The maximum Gasteiger partial charge on any atom is 0.251 e. The second-order valence-corrected chi connectivity index (χ2v) is 5.39. The second-order valence-electron chi connectivity index (χ2n) is 5.39. The summed E-state index contributed by atoms with van der Waals surface area (Å²) in [5, 5.41) is 12.5. The standard InChI is InChI=1S/C16H23NO5/c1-20-13-8-10(9-14(21-2)15(13)22-3)16(19)17-11-4-6-12(18)7-5-11/h8-9,11-12,18H,4-7H2,1-3H3,(H,17,19). The molecule has 1 aliphatic carbocycles. The zero-order chi connectivity index (χ0) is 16.1. The van der Waals surface area contributed by atoms with Crippen LogP contribution in [0.25, 0.3) is 0 Å². The van der Waals surface area contributed by atoms with E-state index in [1.165, 1.54) is 21.3 Å². The predicted octanol–water partition coefficient (Wildman–Crippen LogP) is 1.75. The normalized spacial score (nSPS) is 21.1. The Bertz CT molecular complexity index is 498. The smallest absolute Gasteiger partial charge is 0.251 e. The van der Waals surface area contributed by atoms with E-state index in [0.717, 1.165) is 25.7 Å². The van der Waals surface area contributed by atoms with E-state index in [4.69, 9.17) is 14.2 Å². The van der Waals surface area contributed by atoms with E-state index >= 15 is 0 Å². The molecule has 1 aromatic carbocycles. The fourth-order valence-electron chi connectivity index (χ4n) is 2.70. The summed E-state index contributed by atoms with van der Waals surface area (Å²) < 4.78 is 15.8. The van der Waals surface area contributed by atoms with Crippen LogP contribution in [0.2, 0.25) is 0 Å². The Balaban J connectivity index is 2.15. The summed E-state index contributed by atoms with van der Waals surface area (Å²) in [7, 11) is 4.55. The molecule has 1 aliphatic rings. The van der Waals surface area contributed by atoms with Gasteiger partial charge in [0.05, 0.1) is 27.4 Å². The number of aliphatic hydroxyl groups is 1. The van der Waals surface area contributed by atoms with Gasteiger partial charge < -0.3 is 24.6 Å². The van der Waals surface area contributed by atoms with Crippen molar-refractivity contribution in [1.29, 1.82) is 0 Å². The van der Waals surface area contributed by atoms with Gasteiger partial charge in [-0.1, -0.05) is 0 Å². The Hall–Kier alpha value is -1.95. The molecule has 0 unspecified atom stereocenters. The fourth-order valence-corrected chi connectivity index (χ4v) is 2.70. The summed E-state index contributed by atoms with van der Waals surface area (Å²) in [6, 6.07) is 3.36. The van der Waals surface area contributed by atoms with E-state index in [0.29, 0.717) is 22.8 Å². The highest BCUT2D eigenvalue weighted by atomic mass is 16.5. The van der Waals surface area contributed by atoms with Crippen molar-refractivity contribution in [3.8, 4) is 17.2 Å². The summed E-state index contributed by atoms with van der Waals surface area (Å²) in [6.45, 7) is 0. The van der Waals surface area contributed by atoms with Gasteiger partial charge in [0, 0.05) is 11.6 Å². The number of carbonyl (C=O) groups excluding carboxylic acids is 1. The van der Waals surface area contributed by atoms with E-state index in [9.17, 15) is 9.90 Å². The molecule has 0 atom stereocenters. The van der Waals surface area contributed by atoms with Gasteiger partial charge in [-0.05, 0) is 37.8 Å². The zero-order valence-corrected chi connectivity index (χ0v) is 13.2. The number of nitrogens with one attached hydrogen (secondary N) is 1. The first-order valence-corrected chi connectivity index (χ1v) is 7.38. The van der Waals surface area contributed by atoms with Gasteiger partial charge in [-0.25, -0.2) is 0 Å². The van der Waals surface area contributed by atoms with Crippen LogP contribution in [-0.2, 0) is 0 Å². The number of methoxy groups -OCH3 is 3. The lowest BCUT2D eigenvalue weighted by molar-refractivity contribution is 0.0867. The van der Waals surface area contributed by atoms with Crippen LogP contribution in [0.5, 0.6) is 17.2 Å². The molecule has 1 fully saturated rings. The molecule has 0 saturated heterocycles. The lowest BCUT2D eigenvalue weighted by Crippen LogP contribution is -2.38. The molecular formula is C16H23NO5. The number of hydrogen-bond acceptors (Lipinski definition) is 5. The minimum absolute atomic E-state index is 0.0926. The molecule has 0 heterocycles. The van der Waals surface area contributed by atoms with E-state index < -0.39 is 0 Å². The van der Waals surface area contributed by atoms with Crippen molar-refractivity contribution in [2.45, 2.75) is 37.8 Å². The maximum atomic E-state index is 12.4. The Labute approximate surface area is 130 Å². The van der Waals surface area contributed by atoms with E-state index in [1.54, 1.807) is 12.1 Å². The summed E-state index contributed by atoms with van der Waals surface area (Å²) in [4.78, 5) is 12.4. The summed E-state index contributed by atoms with van der Waals surface area (Å²) in [5.74, 6) is 1.18. The molecule has 22 heavy (non-hydrogen) atoms. The van der Waals surface area contributed by atoms with Crippen LogP contribution in [0.4, 0.5) is 0 Å². The number of carbonyl (C=O) groups is 1. The van der Waals surface area contributed by atoms with Gasteiger partial charge in [0.1, 0.15) is 0 Å². The molecule has 0 spiro atoms. The van der Waals surface area contributed by atoms with Crippen molar-refractivity contribution in [2.75, 3.05) is 21.3 Å². The Morgan fingerprint density at radius 1 is 1.05 bits per heavy atom. The van der Waals surface area contributed by atoms with Crippen molar-refractivity contribution in [3.63, 3.8) is 0 Å². The van der Waals surface area contributed by atoms with Crippen LogP contribution in [0.1, 0.15) is 36.0 Å². The van der Waals surface area contributed by atoms with Crippen LogP contribution in [0, 0.1) is 0 Å². The highest BCUT2D eigenvalue weighted by Crippen LogP contribution is 2.38. The van der Waals surface area contributed by atoms with Gasteiger partial charge >= 0.3 is 0 Å². The first-order valence-electron chi connectivity index (χ1n) is 7.38. The van der Waals surface area contributed by atoms with E-state index in [1.807, 2.05) is 0 Å². The molecule has 1 aromatic rings. The third-order valence-corrected chi connectivity index (χ3v) is 3.96. The molecule has 6 heteroatoms. The highest BCUT2D eigenvalue weighted by Gasteiger charge is 2.23. The predicted molar refractivity (Wildman–Crippen MR) is 81.8 cm³/mol. The fraction of sp³-hybridized carbons (Fsp3) is 0.562. The zero-order valence-electron chi connectivity index (χ0n) is 13.2. The van der Waals surface area contributed by atoms with E-state index in [2.05, 4.69) is 5.32 Å². The third kappa shape index (κ3) is 3.62. The minimum Gasteiger partial charge on any atom is -0.493 e. The van der Waals surface area contributed by atoms with Crippen LogP contribution in [-0.4, -0.2) is 44.5 Å². The SMILES string of the molecule is COc1cc(C(=O)NC2CCC(O)CC2)cc(OC)c1OC. The van der Waals surface area contributed by atoms with Crippen molar-refractivity contribution < 1.29 is 24.1 Å². The van der Waals surface area contributed by atoms with Crippen LogP contribution < -0.4 is 19.5 Å². The van der Waals surface area contributed by atoms with Crippen LogP contribution in [0.15, 0.2) is 12.1 Å². The van der Waals surface area contributed by atoms with E-state index in [-0.39, 0.29) is 18.1 Å².